The molecule has 0 aliphatic rings. The van der Waals surface area contributed by atoms with E-state index in [0.29, 0.717) is 12.8 Å². The molecule has 2 aromatic heterocycles. The highest BCUT2D eigenvalue weighted by molar-refractivity contribution is 5.76. The van der Waals surface area contributed by atoms with Gasteiger partial charge in [-0.3, -0.25) is 14.8 Å². The Bertz CT molecular complexity index is 580. The van der Waals surface area contributed by atoms with E-state index in [-0.39, 0.29) is 18.0 Å². The summed E-state index contributed by atoms with van der Waals surface area (Å²) in [7, 11) is 0. The van der Waals surface area contributed by atoms with Crippen molar-refractivity contribution in [3.63, 3.8) is 0 Å². The van der Waals surface area contributed by atoms with Crippen LogP contribution in [0.4, 0.5) is 0 Å². The van der Waals surface area contributed by atoms with Crippen LogP contribution in [-0.2, 0) is 11.2 Å². The summed E-state index contributed by atoms with van der Waals surface area (Å²) in [6.07, 6.45) is 7.54. The Morgan fingerprint density at radius 1 is 1.33 bits per heavy atom. The van der Waals surface area contributed by atoms with Gasteiger partial charge in [-0.15, -0.1) is 10.2 Å². The van der Waals surface area contributed by atoms with Gasteiger partial charge in [0.2, 0.25) is 5.91 Å². The van der Waals surface area contributed by atoms with E-state index in [4.69, 9.17) is 0 Å². The largest absolute Gasteiger partial charge is 0.346 e. The molecule has 0 unspecified atom stereocenters. The smallest absolute Gasteiger partial charge is 0.220 e. The quantitative estimate of drug-likeness (QED) is 0.869. The average molecular weight is 288 g/mol. The third-order valence-corrected chi connectivity index (χ3v) is 3.15. The number of aromatic nitrogens is 5. The number of amides is 1. The molecule has 0 aliphatic carbocycles. The highest BCUT2D eigenvalue weighted by Crippen LogP contribution is 2.14. The average Bonchev–Trinajstić information content (AvgIpc) is 2.96. The predicted octanol–water partition coefficient (Wildman–Crippen LogP) is 1.46. The molecular weight excluding hydrogens is 268 g/mol. The number of hydrogen-bond acceptors (Lipinski definition) is 5. The second-order valence-electron chi connectivity index (χ2n) is 5.18. The molecule has 21 heavy (non-hydrogen) atoms. The van der Waals surface area contributed by atoms with Crippen molar-refractivity contribution >= 4 is 5.91 Å². The van der Waals surface area contributed by atoms with Crippen LogP contribution in [0.2, 0.25) is 0 Å². The lowest BCUT2D eigenvalue weighted by Crippen LogP contribution is -2.29. The van der Waals surface area contributed by atoms with Crippen molar-refractivity contribution in [3.8, 4) is 0 Å². The first-order chi connectivity index (χ1) is 10.1. The standard InChI is InChI=1S/C14H20N6O/c1-10(2)20-9-17-19-14(20)11(3)18-13(21)5-4-12-8-15-6-7-16-12/h6-11H,4-5H2,1-3H3,(H,18,21)/t11-/m0/s1. The lowest BCUT2D eigenvalue weighted by Gasteiger charge is -2.16. The van der Waals surface area contributed by atoms with Gasteiger partial charge >= 0.3 is 0 Å². The van der Waals surface area contributed by atoms with Crippen LogP contribution in [0.25, 0.3) is 0 Å². The van der Waals surface area contributed by atoms with Gasteiger partial charge in [0.15, 0.2) is 5.82 Å². The maximum Gasteiger partial charge on any atom is 0.220 e. The van der Waals surface area contributed by atoms with Gasteiger partial charge in [-0.25, -0.2) is 0 Å². The van der Waals surface area contributed by atoms with E-state index >= 15 is 0 Å². The van der Waals surface area contributed by atoms with Gasteiger partial charge in [-0.2, -0.15) is 0 Å². The normalized spacial score (nSPS) is 12.4. The highest BCUT2D eigenvalue weighted by Gasteiger charge is 2.16. The first-order valence-corrected chi connectivity index (χ1v) is 7.01. The molecule has 7 heteroatoms. The Morgan fingerprint density at radius 3 is 2.81 bits per heavy atom. The van der Waals surface area contributed by atoms with Crippen molar-refractivity contribution < 1.29 is 4.79 Å². The summed E-state index contributed by atoms with van der Waals surface area (Å²) in [5, 5.41) is 10.9. The first kappa shape index (κ1) is 15.1. The SMILES string of the molecule is CC(C)n1cnnc1[C@H](C)NC(=O)CCc1cnccn1. The summed E-state index contributed by atoms with van der Waals surface area (Å²) >= 11 is 0. The zero-order valence-corrected chi connectivity index (χ0v) is 12.5. The molecule has 1 N–H and O–H groups in total. The minimum Gasteiger partial charge on any atom is -0.346 e. The van der Waals surface area contributed by atoms with Crippen LogP contribution in [0.15, 0.2) is 24.9 Å². The maximum atomic E-state index is 12.0. The Labute approximate surface area is 123 Å². The minimum absolute atomic E-state index is 0.0357. The van der Waals surface area contributed by atoms with E-state index in [9.17, 15) is 4.79 Å². The third kappa shape index (κ3) is 4.08. The van der Waals surface area contributed by atoms with E-state index in [1.165, 1.54) is 0 Å². The van der Waals surface area contributed by atoms with Crippen LogP contribution in [-0.4, -0.2) is 30.6 Å². The minimum atomic E-state index is -0.177. The van der Waals surface area contributed by atoms with Crippen molar-refractivity contribution in [3.05, 3.63) is 36.4 Å². The van der Waals surface area contributed by atoms with Crippen LogP contribution in [0.3, 0.4) is 0 Å². The molecule has 0 fully saturated rings. The first-order valence-electron chi connectivity index (χ1n) is 7.01. The topological polar surface area (TPSA) is 85.6 Å². The summed E-state index contributed by atoms with van der Waals surface area (Å²) in [6, 6.07) is 0.0817. The van der Waals surface area contributed by atoms with Crippen LogP contribution in [0, 0.1) is 0 Å². The molecule has 2 heterocycles. The van der Waals surface area contributed by atoms with Gasteiger partial charge in [0.05, 0.1) is 11.7 Å². The Morgan fingerprint density at radius 2 is 2.14 bits per heavy atom. The lowest BCUT2D eigenvalue weighted by atomic mass is 10.2. The third-order valence-electron chi connectivity index (χ3n) is 3.15. The lowest BCUT2D eigenvalue weighted by molar-refractivity contribution is -0.121. The number of hydrogen-bond donors (Lipinski definition) is 1. The molecule has 0 bridgehead atoms. The molecule has 0 saturated carbocycles. The fraction of sp³-hybridized carbons (Fsp3) is 0.500. The van der Waals surface area contributed by atoms with Gasteiger partial charge in [-0.05, 0) is 27.2 Å². The second kappa shape index (κ2) is 6.92. The predicted molar refractivity (Wildman–Crippen MR) is 77.3 cm³/mol. The molecule has 2 rings (SSSR count). The van der Waals surface area contributed by atoms with E-state index in [1.807, 2.05) is 11.5 Å². The van der Waals surface area contributed by atoms with Gasteiger partial charge in [-0.1, -0.05) is 0 Å². The number of nitrogens with one attached hydrogen (secondary N) is 1. The molecule has 0 saturated heterocycles. The summed E-state index contributed by atoms with van der Waals surface area (Å²) < 4.78 is 1.95. The van der Waals surface area contributed by atoms with Gasteiger partial charge < -0.3 is 9.88 Å². The Balaban J connectivity index is 1.89. The highest BCUT2D eigenvalue weighted by atomic mass is 16.1. The summed E-state index contributed by atoms with van der Waals surface area (Å²) in [5.41, 5.74) is 0.811. The molecule has 0 aromatic carbocycles. The van der Waals surface area contributed by atoms with E-state index in [1.54, 1.807) is 24.9 Å². The molecular formula is C14H20N6O. The molecule has 1 amide bonds. The number of rotatable bonds is 6. The summed E-state index contributed by atoms with van der Waals surface area (Å²) in [6.45, 7) is 6.01. The van der Waals surface area contributed by atoms with Gasteiger partial charge in [0.1, 0.15) is 6.33 Å². The van der Waals surface area contributed by atoms with Crippen molar-refractivity contribution in [2.45, 2.75) is 45.7 Å². The van der Waals surface area contributed by atoms with Crippen LogP contribution >= 0.6 is 0 Å². The monoisotopic (exact) mass is 288 g/mol. The zero-order valence-electron chi connectivity index (χ0n) is 12.5. The van der Waals surface area contributed by atoms with Crippen LogP contribution in [0.5, 0.6) is 0 Å². The molecule has 0 aliphatic heterocycles. The summed E-state index contributed by atoms with van der Waals surface area (Å²) in [5.74, 6) is 0.726. The maximum absolute atomic E-state index is 12.0. The Kier molecular flexibility index (Phi) is 4.97. The Hall–Kier alpha value is -2.31. The van der Waals surface area contributed by atoms with E-state index in [2.05, 4.69) is 39.3 Å². The van der Waals surface area contributed by atoms with E-state index < -0.39 is 0 Å². The molecule has 1 atom stereocenters. The van der Waals surface area contributed by atoms with Gasteiger partial charge in [0, 0.05) is 31.1 Å². The molecule has 112 valence electrons. The summed E-state index contributed by atoms with van der Waals surface area (Å²) in [4.78, 5) is 20.1. The van der Waals surface area contributed by atoms with Crippen molar-refractivity contribution in [2.75, 3.05) is 0 Å². The number of nitrogens with zero attached hydrogens (tertiary/aromatic N) is 5. The molecule has 2 aromatic rings. The number of carbonyl (C=O) groups is 1. The van der Waals surface area contributed by atoms with Gasteiger partial charge in [0.25, 0.3) is 0 Å². The number of carbonyl (C=O) groups excluding carboxylic acids is 1. The molecule has 0 radical (unpaired) electrons. The fourth-order valence-electron chi connectivity index (χ4n) is 2.04. The molecule has 7 nitrogen and oxygen atoms in total. The van der Waals surface area contributed by atoms with Crippen LogP contribution in [0.1, 0.15) is 50.8 Å². The van der Waals surface area contributed by atoms with Crippen molar-refractivity contribution in [1.82, 2.24) is 30.0 Å². The van der Waals surface area contributed by atoms with Crippen molar-refractivity contribution in [1.29, 1.82) is 0 Å². The fourth-order valence-corrected chi connectivity index (χ4v) is 2.04. The number of aryl methyl sites for hydroxylation is 1. The van der Waals surface area contributed by atoms with Crippen LogP contribution < -0.4 is 5.32 Å². The second-order valence-corrected chi connectivity index (χ2v) is 5.18. The van der Waals surface area contributed by atoms with Crippen molar-refractivity contribution in [2.24, 2.45) is 0 Å². The zero-order chi connectivity index (χ0) is 15.2. The molecule has 0 spiro atoms. The van der Waals surface area contributed by atoms with E-state index in [0.717, 1.165) is 11.5 Å².